The third kappa shape index (κ3) is 1.31. The Morgan fingerprint density at radius 1 is 1.15 bits per heavy atom. The van der Waals surface area contributed by atoms with Gasteiger partial charge in [-0.05, 0) is 44.6 Å². The van der Waals surface area contributed by atoms with Crippen molar-refractivity contribution in [2.75, 3.05) is 11.9 Å². The summed E-state index contributed by atoms with van der Waals surface area (Å²) in [5.74, 6) is 0.263. The molecule has 1 unspecified atom stereocenters. The van der Waals surface area contributed by atoms with Crippen molar-refractivity contribution in [1.29, 1.82) is 0 Å². The molecule has 4 nitrogen and oxygen atoms in total. The van der Waals surface area contributed by atoms with Gasteiger partial charge in [-0.3, -0.25) is 14.5 Å². The monoisotopic (exact) mass is 290 g/mol. The van der Waals surface area contributed by atoms with E-state index in [1.54, 1.807) is 16.2 Å². The molecule has 0 spiro atoms. The topological polar surface area (TPSA) is 40.6 Å². The molecule has 20 heavy (non-hydrogen) atoms. The third-order valence-electron chi connectivity index (χ3n) is 5.14. The van der Waals surface area contributed by atoms with E-state index < -0.39 is 5.66 Å². The molecule has 4 rings (SSSR count). The number of amides is 2. The number of anilines is 1. The lowest BCUT2D eigenvalue weighted by molar-refractivity contribution is -0.117. The van der Waals surface area contributed by atoms with E-state index in [4.69, 9.17) is 0 Å². The highest BCUT2D eigenvalue weighted by Gasteiger charge is 2.53. The number of nitrogens with zero attached hydrogens (tertiary/aromatic N) is 2. The normalized spacial score (nSPS) is 28.5. The van der Waals surface area contributed by atoms with E-state index >= 15 is 0 Å². The Morgan fingerprint density at radius 3 is 2.70 bits per heavy atom. The molecule has 2 amide bonds. The van der Waals surface area contributed by atoms with Crippen LogP contribution >= 0.6 is 11.3 Å². The summed E-state index contributed by atoms with van der Waals surface area (Å²) in [5, 5.41) is 0.921. The largest absolute Gasteiger partial charge is 0.318 e. The Morgan fingerprint density at radius 2 is 1.90 bits per heavy atom. The fourth-order valence-corrected chi connectivity index (χ4v) is 5.31. The van der Waals surface area contributed by atoms with Crippen LogP contribution in [-0.4, -0.2) is 29.4 Å². The van der Waals surface area contributed by atoms with E-state index in [1.165, 1.54) is 16.9 Å². The van der Waals surface area contributed by atoms with Crippen molar-refractivity contribution >= 4 is 28.2 Å². The summed E-state index contributed by atoms with van der Waals surface area (Å²) in [5.41, 5.74) is 1.57. The molecule has 3 heterocycles. The van der Waals surface area contributed by atoms with Gasteiger partial charge in [0, 0.05) is 18.3 Å². The van der Waals surface area contributed by atoms with Crippen LogP contribution in [0.15, 0.2) is 0 Å². The van der Waals surface area contributed by atoms with Crippen molar-refractivity contribution in [3.05, 3.63) is 16.0 Å². The third-order valence-corrected chi connectivity index (χ3v) is 6.42. The minimum absolute atomic E-state index is 0.104. The molecule has 1 aliphatic carbocycles. The quantitative estimate of drug-likeness (QED) is 0.737. The highest BCUT2D eigenvalue weighted by atomic mass is 32.1. The van der Waals surface area contributed by atoms with Crippen LogP contribution in [-0.2, 0) is 17.6 Å². The van der Waals surface area contributed by atoms with Gasteiger partial charge in [0.15, 0.2) is 0 Å². The molecule has 0 radical (unpaired) electrons. The summed E-state index contributed by atoms with van der Waals surface area (Å²) in [6.07, 6.45) is 5.66. The fourth-order valence-electron chi connectivity index (χ4n) is 3.80. The van der Waals surface area contributed by atoms with Gasteiger partial charge in [0.1, 0.15) is 10.7 Å². The standard InChI is InChI=1S/C15H18N2O2S/c1-15-8-7-11(18)17(15)14-12(13(19)16(15)2)9-5-3-4-6-10(9)20-14/h3-8H2,1-2H3. The summed E-state index contributed by atoms with van der Waals surface area (Å²) in [4.78, 5) is 30.1. The van der Waals surface area contributed by atoms with Gasteiger partial charge < -0.3 is 4.90 Å². The van der Waals surface area contributed by atoms with Crippen molar-refractivity contribution in [2.24, 2.45) is 0 Å². The minimum Gasteiger partial charge on any atom is -0.318 e. The maximum Gasteiger partial charge on any atom is 0.258 e. The van der Waals surface area contributed by atoms with Crippen molar-refractivity contribution in [1.82, 2.24) is 4.90 Å². The van der Waals surface area contributed by atoms with Crippen molar-refractivity contribution in [3.8, 4) is 0 Å². The van der Waals surface area contributed by atoms with E-state index in [-0.39, 0.29) is 11.8 Å². The molecule has 0 bridgehead atoms. The van der Waals surface area contributed by atoms with E-state index in [1.807, 2.05) is 18.9 Å². The molecule has 0 aromatic carbocycles. The molecule has 0 N–H and O–H groups in total. The second-order valence-electron chi connectivity index (χ2n) is 6.20. The number of carbonyl (C=O) groups is 2. The zero-order chi connectivity index (χ0) is 14.1. The Bertz CT molecular complexity index is 636. The molecule has 1 aromatic rings. The van der Waals surface area contributed by atoms with Crippen molar-refractivity contribution < 1.29 is 9.59 Å². The van der Waals surface area contributed by atoms with Crippen LogP contribution in [0.5, 0.6) is 0 Å². The van der Waals surface area contributed by atoms with Gasteiger partial charge in [-0.15, -0.1) is 11.3 Å². The molecular weight excluding hydrogens is 272 g/mol. The van der Waals surface area contributed by atoms with Crippen LogP contribution < -0.4 is 4.90 Å². The van der Waals surface area contributed by atoms with Gasteiger partial charge in [-0.2, -0.15) is 0 Å². The van der Waals surface area contributed by atoms with Gasteiger partial charge >= 0.3 is 0 Å². The van der Waals surface area contributed by atoms with Crippen molar-refractivity contribution in [3.63, 3.8) is 0 Å². The molecule has 1 fully saturated rings. The number of aryl methyl sites for hydroxylation is 1. The van der Waals surface area contributed by atoms with Gasteiger partial charge in [0.25, 0.3) is 5.91 Å². The summed E-state index contributed by atoms with van der Waals surface area (Å²) < 4.78 is 0. The van der Waals surface area contributed by atoms with Crippen molar-refractivity contribution in [2.45, 2.75) is 51.1 Å². The zero-order valence-corrected chi connectivity index (χ0v) is 12.7. The first kappa shape index (κ1) is 12.4. The highest BCUT2D eigenvalue weighted by molar-refractivity contribution is 7.17. The lowest BCUT2D eigenvalue weighted by atomic mass is 9.93. The minimum atomic E-state index is -0.464. The predicted molar refractivity (Wildman–Crippen MR) is 78.2 cm³/mol. The number of thiophene rings is 1. The Hall–Kier alpha value is -1.36. The molecule has 106 valence electrons. The summed E-state index contributed by atoms with van der Waals surface area (Å²) in [6.45, 7) is 2.01. The lowest BCUT2D eigenvalue weighted by Crippen LogP contribution is -2.60. The first-order chi connectivity index (χ1) is 9.54. The van der Waals surface area contributed by atoms with E-state index in [0.717, 1.165) is 36.2 Å². The van der Waals surface area contributed by atoms with Crippen LogP contribution in [0, 0.1) is 0 Å². The SMILES string of the molecule is CN1C(=O)c2c(sc3c2CCCC3)N2C(=O)CCC12C. The molecule has 1 atom stereocenters. The van der Waals surface area contributed by atoms with Crippen LogP contribution in [0.3, 0.4) is 0 Å². The summed E-state index contributed by atoms with van der Waals surface area (Å²) >= 11 is 1.68. The van der Waals surface area contributed by atoms with Crippen LogP contribution in [0.2, 0.25) is 0 Å². The molecular formula is C15H18N2O2S. The second kappa shape index (κ2) is 3.85. The fraction of sp³-hybridized carbons (Fsp3) is 0.600. The van der Waals surface area contributed by atoms with Gasteiger partial charge in [0.2, 0.25) is 5.91 Å². The molecule has 1 aromatic heterocycles. The van der Waals surface area contributed by atoms with Gasteiger partial charge in [-0.1, -0.05) is 0 Å². The first-order valence-electron chi connectivity index (χ1n) is 7.30. The molecule has 3 aliphatic rings. The van der Waals surface area contributed by atoms with E-state index in [2.05, 4.69) is 0 Å². The molecule has 2 aliphatic heterocycles. The molecule has 5 heteroatoms. The second-order valence-corrected chi connectivity index (χ2v) is 7.28. The summed E-state index contributed by atoms with van der Waals surface area (Å²) in [6, 6.07) is 0. The Labute approximate surface area is 122 Å². The smallest absolute Gasteiger partial charge is 0.258 e. The number of rotatable bonds is 0. The van der Waals surface area contributed by atoms with Gasteiger partial charge in [-0.25, -0.2) is 0 Å². The number of fused-ring (bicyclic) bond motifs is 5. The highest BCUT2D eigenvalue weighted by Crippen LogP contribution is 2.50. The summed E-state index contributed by atoms with van der Waals surface area (Å²) in [7, 11) is 1.84. The van der Waals surface area contributed by atoms with Crippen LogP contribution in [0.25, 0.3) is 0 Å². The number of hydrogen-bond donors (Lipinski definition) is 0. The van der Waals surface area contributed by atoms with E-state index in [0.29, 0.717) is 6.42 Å². The average molecular weight is 290 g/mol. The van der Waals surface area contributed by atoms with Crippen LogP contribution in [0.4, 0.5) is 5.00 Å². The molecule has 0 saturated carbocycles. The Kier molecular flexibility index (Phi) is 2.38. The van der Waals surface area contributed by atoms with E-state index in [9.17, 15) is 9.59 Å². The van der Waals surface area contributed by atoms with Gasteiger partial charge in [0.05, 0.1) is 5.56 Å². The van der Waals surface area contributed by atoms with Crippen LogP contribution in [0.1, 0.15) is 53.4 Å². The number of carbonyl (C=O) groups excluding carboxylic acids is 2. The average Bonchev–Trinajstić information content (AvgIpc) is 2.95. The molecule has 1 saturated heterocycles. The maximum atomic E-state index is 12.8. The maximum absolute atomic E-state index is 12.8. The zero-order valence-electron chi connectivity index (χ0n) is 11.9. The lowest BCUT2D eigenvalue weighted by Gasteiger charge is -2.45. The first-order valence-corrected chi connectivity index (χ1v) is 8.11. The predicted octanol–water partition coefficient (Wildman–Crippen LogP) is 2.56. The Balaban J connectivity index is 1.97. The number of hydrogen-bond acceptors (Lipinski definition) is 3.